The Hall–Kier alpha value is -2.74. The van der Waals surface area contributed by atoms with Crippen molar-refractivity contribution < 1.29 is 13.9 Å². The SMILES string of the molecule is COc1ccc2c(c1)C(C)CC(C)(C)N2C(=O)CSc1nnc(-c2ccco2)n1C. The zero-order valence-corrected chi connectivity index (χ0v) is 18.7. The highest BCUT2D eigenvalue weighted by atomic mass is 32.2. The number of thioether (sulfide) groups is 1. The molecule has 0 aliphatic carbocycles. The Bertz CT molecular complexity index is 1060. The molecule has 0 bridgehead atoms. The number of nitrogens with zero attached hydrogens (tertiary/aromatic N) is 4. The maximum absolute atomic E-state index is 13.4. The molecule has 0 fully saturated rings. The molecule has 30 heavy (non-hydrogen) atoms. The minimum atomic E-state index is -0.280. The number of carbonyl (C=O) groups is 1. The molecule has 8 heteroatoms. The van der Waals surface area contributed by atoms with E-state index in [1.807, 2.05) is 46.8 Å². The molecule has 0 N–H and O–H groups in total. The first-order valence-electron chi connectivity index (χ1n) is 9.89. The number of anilines is 1. The van der Waals surface area contributed by atoms with Gasteiger partial charge in [0.1, 0.15) is 5.75 Å². The largest absolute Gasteiger partial charge is 0.497 e. The van der Waals surface area contributed by atoms with Gasteiger partial charge in [-0.15, -0.1) is 10.2 Å². The Balaban J connectivity index is 1.57. The van der Waals surface area contributed by atoms with E-state index in [1.165, 1.54) is 11.8 Å². The molecule has 158 valence electrons. The number of methoxy groups -OCH3 is 1. The lowest BCUT2D eigenvalue weighted by atomic mass is 9.80. The summed E-state index contributed by atoms with van der Waals surface area (Å²) in [6, 6.07) is 9.60. The maximum atomic E-state index is 13.4. The lowest BCUT2D eigenvalue weighted by molar-refractivity contribution is -0.117. The summed E-state index contributed by atoms with van der Waals surface area (Å²) >= 11 is 1.38. The van der Waals surface area contributed by atoms with Crippen LogP contribution in [0.5, 0.6) is 5.75 Å². The van der Waals surface area contributed by atoms with Gasteiger partial charge in [-0.25, -0.2) is 0 Å². The van der Waals surface area contributed by atoms with Crippen LogP contribution in [0.3, 0.4) is 0 Å². The van der Waals surface area contributed by atoms with Crippen LogP contribution in [0.2, 0.25) is 0 Å². The van der Waals surface area contributed by atoms with Crippen LogP contribution in [0.4, 0.5) is 5.69 Å². The number of furan rings is 1. The fraction of sp³-hybridized carbons (Fsp3) is 0.409. The second kappa shape index (κ2) is 7.83. The average molecular weight is 427 g/mol. The minimum absolute atomic E-state index is 0.0471. The second-order valence-electron chi connectivity index (χ2n) is 8.20. The standard InChI is InChI=1S/C22H26N4O3S/c1-14-12-22(2,3)26(17-9-8-15(28-5)11-16(14)17)19(27)13-30-21-24-23-20(25(21)4)18-7-6-10-29-18/h6-11,14H,12-13H2,1-5H3. The van der Waals surface area contributed by atoms with Crippen LogP contribution in [0.25, 0.3) is 11.6 Å². The Morgan fingerprint density at radius 1 is 1.33 bits per heavy atom. The van der Waals surface area contributed by atoms with E-state index in [0.29, 0.717) is 22.7 Å². The quantitative estimate of drug-likeness (QED) is 0.560. The summed E-state index contributed by atoms with van der Waals surface area (Å²) in [7, 11) is 3.54. The van der Waals surface area contributed by atoms with Gasteiger partial charge in [0.25, 0.3) is 0 Å². The van der Waals surface area contributed by atoms with Gasteiger partial charge in [-0.1, -0.05) is 18.7 Å². The third-order valence-electron chi connectivity index (χ3n) is 5.57. The van der Waals surface area contributed by atoms with Crippen LogP contribution in [0.15, 0.2) is 46.2 Å². The van der Waals surface area contributed by atoms with E-state index < -0.39 is 0 Å². The second-order valence-corrected chi connectivity index (χ2v) is 9.15. The molecule has 0 saturated carbocycles. The molecule has 1 amide bonds. The molecule has 1 atom stereocenters. The van der Waals surface area contributed by atoms with Crippen LogP contribution in [-0.2, 0) is 11.8 Å². The van der Waals surface area contributed by atoms with E-state index in [2.05, 4.69) is 31.0 Å². The summed E-state index contributed by atoms with van der Waals surface area (Å²) in [4.78, 5) is 15.3. The molecular weight excluding hydrogens is 400 g/mol. The number of benzene rings is 1. The topological polar surface area (TPSA) is 73.4 Å². The maximum Gasteiger partial charge on any atom is 0.237 e. The van der Waals surface area contributed by atoms with Gasteiger partial charge in [-0.05, 0) is 62.1 Å². The molecule has 3 aromatic rings. The monoisotopic (exact) mass is 426 g/mol. The third kappa shape index (κ3) is 3.60. The fourth-order valence-electron chi connectivity index (χ4n) is 4.26. The van der Waals surface area contributed by atoms with Gasteiger partial charge in [-0.2, -0.15) is 0 Å². The lowest BCUT2D eigenvalue weighted by Gasteiger charge is -2.46. The third-order valence-corrected chi connectivity index (χ3v) is 6.57. The van der Waals surface area contributed by atoms with E-state index in [9.17, 15) is 4.79 Å². The Kier molecular flexibility index (Phi) is 5.36. The normalized spacial score (nSPS) is 17.6. The van der Waals surface area contributed by atoms with Crippen molar-refractivity contribution in [3.05, 3.63) is 42.2 Å². The van der Waals surface area contributed by atoms with Gasteiger partial charge in [0.15, 0.2) is 16.7 Å². The fourth-order valence-corrected chi connectivity index (χ4v) is 5.02. The summed E-state index contributed by atoms with van der Waals surface area (Å²) in [6.45, 7) is 6.44. The van der Waals surface area contributed by atoms with Crippen molar-refractivity contribution in [1.29, 1.82) is 0 Å². The Morgan fingerprint density at radius 2 is 2.13 bits per heavy atom. The van der Waals surface area contributed by atoms with Crippen molar-refractivity contribution in [1.82, 2.24) is 14.8 Å². The van der Waals surface area contributed by atoms with Crippen LogP contribution in [0.1, 0.15) is 38.7 Å². The molecule has 2 aromatic heterocycles. The molecule has 3 heterocycles. The number of amides is 1. The molecule has 0 spiro atoms. The number of hydrogen-bond donors (Lipinski definition) is 0. The zero-order chi connectivity index (χ0) is 21.5. The Morgan fingerprint density at radius 3 is 2.83 bits per heavy atom. The van der Waals surface area contributed by atoms with Crippen molar-refractivity contribution in [2.45, 2.75) is 43.8 Å². The van der Waals surface area contributed by atoms with E-state index in [0.717, 1.165) is 23.4 Å². The zero-order valence-electron chi connectivity index (χ0n) is 17.9. The number of carbonyl (C=O) groups excluding carboxylic acids is 1. The lowest BCUT2D eigenvalue weighted by Crippen LogP contribution is -2.52. The summed E-state index contributed by atoms with van der Waals surface area (Å²) in [5.74, 6) is 2.76. The first-order chi connectivity index (χ1) is 14.3. The molecular formula is C22H26N4O3S. The average Bonchev–Trinajstić information content (AvgIpc) is 3.35. The van der Waals surface area contributed by atoms with Crippen LogP contribution in [0, 0.1) is 0 Å². The number of ether oxygens (including phenoxy) is 1. The molecule has 7 nitrogen and oxygen atoms in total. The van der Waals surface area contributed by atoms with E-state index in [1.54, 1.807) is 13.4 Å². The smallest absolute Gasteiger partial charge is 0.237 e. The van der Waals surface area contributed by atoms with Gasteiger partial charge >= 0.3 is 0 Å². The molecule has 1 aliphatic rings. The highest BCUT2D eigenvalue weighted by Gasteiger charge is 2.40. The van der Waals surface area contributed by atoms with Crippen molar-refractivity contribution in [3.63, 3.8) is 0 Å². The number of fused-ring (bicyclic) bond motifs is 1. The first kappa shape index (κ1) is 20.5. The van der Waals surface area contributed by atoms with Gasteiger partial charge in [0.2, 0.25) is 5.91 Å². The van der Waals surface area contributed by atoms with Crippen molar-refractivity contribution >= 4 is 23.4 Å². The van der Waals surface area contributed by atoms with Gasteiger partial charge in [0, 0.05) is 18.3 Å². The minimum Gasteiger partial charge on any atom is -0.497 e. The number of hydrogen-bond acceptors (Lipinski definition) is 6. The molecule has 1 aromatic carbocycles. The highest BCUT2D eigenvalue weighted by Crippen LogP contribution is 2.45. The molecule has 4 rings (SSSR count). The summed E-state index contributed by atoms with van der Waals surface area (Å²) < 4.78 is 12.7. The van der Waals surface area contributed by atoms with Crippen molar-refractivity contribution in [3.8, 4) is 17.3 Å². The van der Waals surface area contributed by atoms with Gasteiger partial charge in [0.05, 0.1) is 19.1 Å². The predicted molar refractivity (Wildman–Crippen MR) is 117 cm³/mol. The van der Waals surface area contributed by atoms with Crippen molar-refractivity contribution in [2.75, 3.05) is 17.8 Å². The van der Waals surface area contributed by atoms with Crippen LogP contribution < -0.4 is 9.64 Å². The van der Waals surface area contributed by atoms with Gasteiger partial charge < -0.3 is 18.6 Å². The highest BCUT2D eigenvalue weighted by molar-refractivity contribution is 7.99. The summed E-state index contributed by atoms with van der Waals surface area (Å²) in [6.07, 6.45) is 2.49. The summed E-state index contributed by atoms with van der Waals surface area (Å²) in [5, 5.41) is 9.11. The van der Waals surface area contributed by atoms with Gasteiger partial charge in [-0.3, -0.25) is 4.79 Å². The molecule has 0 saturated heterocycles. The van der Waals surface area contributed by atoms with E-state index >= 15 is 0 Å². The molecule has 0 radical (unpaired) electrons. The van der Waals surface area contributed by atoms with Crippen LogP contribution >= 0.6 is 11.8 Å². The first-order valence-corrected chi connectivity index (χ1v) is 10.9. The van der Waals surface area contributed by atoms with Crippen molar-refractivity contribution in [2.24, 2.45) is 7.05 Å². The number of aromatic nitrogens is 3. The predicted octanol–water partition coefficient (Wildman–Crippen LogP) is 4.49. The Labute approximate surface area is 180 Å². The van der Waals surface area contributed by atoms with Crippen LogP contribution in [-0.4, -0.2) is 39.1 Å². The van der Waals surface area contributed by atoms with E-state index in [4.69, 9.17) is 9.15 Å². The number of rotatable bonds is 5. The summed E-state index contributed by atoms with van der Waals surface area (Å²) in [5.41, 5.74) is 1.82. The molecule has 1 unspecified atom stereocenters. The van der Waals surface area contributed by atoms with E-state index in [-0.39, 0.29) is 17.2 Å². The molecule has 1 aliphatic heterocycles.